The van der Waals surface area contributed by atoms with Gasteiger partial charge in [-0.3, -0.25) is 14.6 Å². The van der Waals surface area contributed by atoms with Gasteiger partial charge in [0.05, 0.1) is 5.69 Å². The predicted molar refractivity (Wildman–Crippen MR) is 128 cm³/mol. The van der Waals surface area contributed by atoms with Gasteiger partial charge in [0.25, 0.3) is 5.91 Å². The zero-order chi connectivity index (χ0) is 21.6. The standard InChI is InChI=1S/C25H20N4OS/c1-19-11-5-6-14-21(19)24(30)28(20-12-3-2-4-13-20)25(31)29(22-15-7-9-17-26-22)23-16-8-10-18-27-23/h2-18H,1H3. The van der Waals surface area contributed by atoms with Crippen molar-refractivity contribution in [1.29, 1.82) is 0 Å². The minimum Gasteiger partial charge on any atom is -0.268 e. The Labute approximate surface area is 186 Å². The molecule has 152 valence electrons. The van der Waals surface area contributed by atoms with Gasteiger partial charge in [-0.15, -0.1) is 0 Å². The normalized spacial score (nSPS) is 10.4. The largest absolute Gasteiger partial charge is 0.268 e. The summed E-state index contributed by atoms with van der Waals surface area (Å²) in [6, 6.07) is 27.9. The maximum Gasteiger partial charge on any atom is 0.264 e. The van der Waals surface area contributed by atoms with E-state index < -0.39 is 0 Å². The van der Waals surface area contributed by atoms with Gasteiger partial charge in [0, 0.05) is 18.0 Å². The highest BCUT2D eigenvalue weighted by Gasteiger charge is 2.29. The lowest BCUT2D eigenvalue weighted by Gasteiger charge is -2.31. The van der Waals surface area contributed by atoms with Crippen molar-refractivity contribution in [3.63, 3.8) is 0 Å². The quantitative estimate of drug-likeness (QED) is 0.402. The van der Waals surface area contributed by atoms with Crippen LogP contribution < -0.4 is 9.80 Å². The molecule has 0 atom stereocenters. The van der Waals surface area contributed by atoms with Crippen molar-refractivity contribution in [2.75, 3.05) is 9.80 Å². The molecule has 4 aromatic rings. The number of hydrogen-bond donors (Lipinski definition) is 0. The Balaban J connectivity index is 1.86. The molecule has 0 aliphatic rings. The fourth-order valence-corrected chi connectivity index (χ4v) is 3.59. The zero-order valence-corrected chi connectivity index (χ0v) is 17.7. The van der Waals surface area contributed by atoms with Gasteiger partial charge < -0.3 is 0 Å². The number of thiocarbonyl (C=S) groups is 1. The Hall–Kier alpha value is -3.90. The molecule has 0 bridgehead atoms. The first-order valence-corrected chi connectivity index (χ1v) is 10.2. The fraction of sp³-hybridized carbons (Fsp3) is 0.0400. The van der Waals surface area contributed by atoms with Crippen LogP contribution in [0.4, 0.5) is 17.3 Å². The maximum absolute atomic E-state index is 13.7. The van der Waals surface area contributed by atoms with Crippen molar-refractivity contribution in [3.05, 3.63) is 115 Å². The zero-order valence-electron chi connectivity index (χ0n) is 16.9. The van der Waals surface area contributed by atoms with Crippen molar-refractivity contribution in [1.82, 2.24) is 9.97 Å². The molecule has 0 aliphatic carbocycles. The monoisotopic (exact) mass is 424 g/mol. The molecule has 1 amide bonds. The number of amides is 1. The third-order valence-corrected chi connectivity index (χ3v) is 5.10. The molecule has 2 heterocycles. The molecule has 0 unspecified atom stereocenters. The topological polar surface area (TPSA) is 49.3 Å². The van der Waals surface area contributed by atoms with Gasteiger partial charge in [-0.2, -0.15) is 0 Å². The molecular formula is C25H20N4OS. The summed E-state index contributed by atoms with van der Waals surface area (Å²) < 4.78 is 0. The van der Waals surface area contributed by atoms with Crippen molar-refractivity contribution in [3.8, 4) is 0 Å². The van der Waals surface area contributed by atoms with Crippen LogP contribution in [0, 0.1) is 6.92 Å². The van der Waals surface area contributed by atoms with Crippen LogP contribution in [0.3, 0.4) is 0 Å². The number of pyridine rings is 2. The van der Waals surface area contributed by atoms with Gasteiger partial charge in [0.15, 0.2) is 5.11 Å². The molecule has 0 spiro atoms. The first-order valence-electron chi connectivity index (χ1n) is 9.78. The summed E-state index contributed by atoms with van der Waals surface area (Å²) in [4.78, 5) is 25.9. The summed E-state index contributed by atoms with van der Waals surface area (Å²) in [5.74, 6) is 0.931. The summed E-state index contributed by atoms with van der Waals surface area (Å²) in [7, 11) is 0. The number of aromatic nitrogens is 2. The Kier molecular flexibility index (Phi) is 6.10. The first-order chi connectivity index (χ1) is 15.2. The number of anilines is 3. The summed E-state index contributed by atoms with van der Waals surface area (Å²) in [5, 5.41) is 0.261. The molecule has 0 aliphatic heterocycles. The molecule has 2 aromatic heterocycles. The van der Waals surface area contributed by atoms with Crippen molar-refractivity contribution < 1.29 is 4.79 Å². The SMILES string of the molecule is Cc1ccccc1C(=O)N(C(=S)N(c1ccccn1)c1ccccn1)c1ccccc1. The van der Waals surface area contributed by atoms with Crippen LogP contribution in [0.2, 0.25) is 0 Å². The van der Waals surface area contributed by atoms with Crippen molar-refractivity contribution >= 4 is 40.6 Å². The summed E-state index contributed by atoms with van der Waals surface area (Å²) in [6.45, 7) is 1.91. The molecule has 4 rings (SSSR count). The third-order valence-electron chi connectivity index (χ3n) is 4.73. The Bertz CT molecular complexity index is 1140. The number of para-hydroxylation sites is 1. The smallest absolute Gasteiger partial charge is 0.264 e. The molecule has 0 fully saturated rings. The van der Waals surface area contributed by atoms with E-state index in [-0.39, 0.29) is 11.0 Å². The highest BCUT2D eigenvalue weighted by molar-refractivity contribution is 7.81. The van der Waals surface area contributed by atoms with Crippen molar-refractivity contribution in [2.24, 2.45) is 0 Å². The summed E-state index contributed by atoms with van der Waals surface area (Å²) in [6.07, 6.45) is 3.37. The Morgan fingerprint density at radius 2 is 1.29 bits per heavy atom. The highest BCUT2D eigenvalue weighted by Crippen LogP contribution is 2.27. The lowest BCUT2D eigenvalue weighted by Crippen LogP contribution is -2.45. The van der Waals surface area contributed by atoms with Crippen LogP contribution >= 0.6 is 12.2 Å². The molecule has 5 nitrogen and oxygen atoms in total. The average molecular weight is 425 g/mol. The van der Waals surface area contributed by atoms with Crippen LogP contribution in [0.15, 0.2) is 103 Å². The van der Waals surface area contributed by atoms with Gasteiger partial charge in [-0.1, -0.05) is 48.5 Å². The molecule has 31 heavy (non-hydrogen) atoms. The molecule has 0 saturated heterocycles. The lowest BCUT2D eigenvalue weighted by molar-refractivity contribution is 0.100. The number of carbonyl (C=O) groups is 1. The summed E-state index contributed by atoms with van der Waals surface area (Å²) >= 11 is 5.91. The van der Waals surface area contributed by atoms with Gasteiger partial charge in [0.2, 0.25) is 0 Å². The number of benzene rings is 2. The average Bonchev–Trinajstić information content (AvgIpc) is 2.82. The van der Waals surface area contributed by atoms with E-state index in [4.69, 9.17) is 12.2 Å². The van der Waals surface area contributed by atoms with Gasteiger partial charge in [0.1, 0.15) is 11.6 Å². The van der Waals surface area contributed by atoms with Crippen LogP contribution in [0.25, 0.3) is 0 Å². The van der Waals surface area contributed by atoms with Gasteiger partial charge >= 0.3 is 0 Å². The van der Waals surface area contributed by atoms with E-state index in [0.29, 0.717) is 22.9 Å². The van der Waals surface area contributed by atoms with E-state index in [1.807, 2.05) is 97.9 Å². The Morgan fingerprint density at radius 1 is 0.742 bits per heavy atom. The van der Waals surface area contributed by atoms with E-state index in [2.05, 4.69) is 9.97 Å². The van der Waals surface area contributed by atoms with E-state index in [1.54, 1.807) is 17.3 Å². The second kappa shape index (κ2) is 9.28. The van der Waals surface area contributed by atoms with E-state index in [9.17, 15) is 4.79 Å². The van der Waals surface area contributed by atoms with E-state index in [1.165, 1.54) is 4.90 Å². The predicted octanol–water partition coefficient (Wildman–Crippen LogP) is 5.56. The number of nitrogens with zero attached hydrogens (tertiary/aromatic N) is 4. The number of rotatable bonds is 4. The van der Waals surface area contributed by atoms with Crippen LogP contribution in [0.1, 0.15) is 15.9 Å². The number of aryl methyl sites for hydroxylation is 1. The van der Waals surface area contributed by atoms with Crippen LogP contribution in [0.5, 0.6) is 0 Å². The molecule has 0 radical (unpaired) electrons. The molecule has 6 heteroatoms. The number of hydrogen-bond acceptors (Lipinski definition) is 4. The van der Waals surface area contributed by atoms with Crippen LogP contribution in [-0.4, -0.2) is 21.0 Å². The van der Waals surface area contributed by atoms with Crippen LogP contribution in [-0.2, 0) is 0 Å². The third kappa shape index (κ3) is 4.34. The number of carbonyl (C=O) groups excluding carboxylic acids is 1. The highest BCUT2D eigenvalue weighted by atomic mass is 32.1. The molecule has 0 N–H and O–H groups in total. The molecule has 0 saturated carbocycles. The second-order valence-electron chi connectivity index (χ2n) is 6.78. The van der Waals surface area contributed by atoms with E-state index in [0.717, 1.165) is 5.56 Å². The fourth-order valence-electron chi connectivity index (χ4n) is 3.21. The summed E-state index contributed by atoms with van der Waals surface area (Å²) in [5.41, 5.74) is 2.12. The minimum atomic E-state index is -0.217. The minimum absolute atomic E-state index is 0.217. The maximum atomic E-state index is 13.7. The van der Waals surface area contributed by atoms with Gasteiger partial charge in [-0.25, -0.2) is 9.97 Å². The first kappa shape index (κ1) is 20.4. The second-order valence-corrected chi connectivity index (χ2v) is 7.15. The Morgan fingerprint density at radius 3 is 1.84 bits per heavy atom. The lowest BCUT2D eigenvalue weighted by atomic mass is 10.1. The molecule has 2 aromatic carbocycles. The van der Waals surface area contributed by atoms with Crippen molar-refractivity contribution in [2.45, 2.75) is 6.92 Å². The molecular weight excluding hydrogens is 404 g/mol. The van der Waals surface area contributed by atoms with E-state index >= 15 is 0 Å². The van der Waals surface area contributed by atoms with Gasteiger partial charge in [-0.05, 0) is 67.2 Å².